The summed E-state index contributed by atoms with van der Waals surface area (Å²) in [6, 6.07) is 0. The molecule has 200 valence electrons. The lowest BCUT2D eigenvalue weighted by atomic mass is 10.1. The molecule has 0 saturated heterocycles. The fourth-order valence-electron chi connectivity index (χ4n) is 4.80. The molecule has 0 heterocycles. The minimum absolute atomic E-state index is 0.513. The quantitative estimate of drug-likeness (QED) is 0.0765. The van der Waals surface area contributed by atoms with Gasteiger partial charge in [0.05, 0.1) is 6.17 Å². The van der Waals surface area contributed by atoms with Crippen molar-refractivity contribution in [2.75, 3.05) is 52.4 Å². The molecule has 0 bridgehead atoms. The number of unbranched alkanes of at least 4 members (excludes halogenated alkanes) is 7. The molecule has 33 heavy (non-hydrogen) atoms. The standard InChI is InChI=1S/C29H64N4/c1-6-11-20-29(30-21-16-12-14-18-27-32(23-7-2)24-8-3)31-22-17-13-15-19-28-33(25-9-4)26-10-5/h29-31H,6-28H2,1-5H3/i32+1,33+1. The molecule has 0 spiro atoms. The van der Waals surface area contributed by atoms with Crippen LogP contribution in [-0.4, -0.2) is 68.3 Å². The molecule has 0 unspecified atom stereocenters. The van der Waals surface area contributed by atoms with Crippen molar-refractivity contribution in [1.29, 1.82) is 0 Å². The maximum Gasteiger partial charge on any atom is 0.0571 e. The molecule has 0 saturated carbocycles. The second kappa shape index (κ2) is 26.4. The van der Waals surface area contributed by atoms with Crippen molar-refractivity contribution >= 4 is 0 Å². The summed E-state index contributed by atoms with van der Waals surface area (Å²) in [5.74, 6) is 0. The Hall–Kier alpha value is -0.160. The summed E-state index contributed by atoms with van der Waals surface area (Å²) in [6.45, 7) is 21.5. The number of rotatable bonds is 27. The van der Waals surface area contributed by atoms with Crippen molar-refractivity contribution in [3.63, 3.8) is 0 Å². The highest BCUT2D eigenvalue weighted by molar-refractivity contribution is 4.66. The van der Waals surface area contributed by atoms with Gasteiger partial charge in [0.1, 0.15) is 0 Å². The predicted octanol–water partition coefficient (Wildman–Crippen LogP) is 7.05. The van der Waals surface area contributed by atoms with Gasteiger partial charge in [-0.3, -0.25) is 0 Å². The molecule has 0 aromatic carbocycles. The van der Waals surface area contributed by atoms with Gasteiger partial charge in [0.25, 0.3) is 0 Å². The van der Waals surface area contributed by atoms with E-state index in [-0.39, 0.29) is 0 Å². The van der Waals surface area contributed by atoms with Gasteiger partial charge in [0, 0.05) is 0 Å². The van der Waals surface area contributed by atoms with Gasteiger partial charge in [-0.05, 0) is 110 Å². The topological polar surface area (TPSA) is 30.5 Å². The van der Waals surface area contributed by atoms with Crippen LogP contribution in [0.5, 0.6) is 0 Å². The Labute approximate surface area is 210 Å². The molecule has 4 nitrogen and oxygen atoms in total. The highest BCUT2D eigenvalue weighted by Gasteiger charge is 2.07. The van der Waals surface area contributed by atoms with Gasteiger partial charge in [0.15, 0.2) is 0 Å². The lowest BCUT2D eigenvalue weighted by Gasteiger charge is -2.22. The van der Waals surface area contributed by atoms with E-state index in [1.54, 1.807) is 0 Å². The first-order chi connectivity index (χ1) is 16.2. The first-order valence-electron chi connectivity index (χ1n) is 15.1. The van der Waals surface area contributed by atoms with Crippen molar-refractivity contribution in [3.05, 3.63) is 0 Å². The normalized spacial score (nSPS) is 12.0. The molecule has 0 aromatic rings. The van der Waals surface area contributed by atoms with Gasteiger partial charge in [-0.2, -0.15) is 0 Å². The van der Waals surface area contributed by atoms with Crippen LogP contribution in [0.4, 0.5) is 0 Å². The SMILES string of the molecule is CCCCC(NCCCCCC[15N](CCC)CCC)NCCCCCC[15N](CCC)CCC. The average Bonchev–Trinajstić information content (AvgIpc) is 2.81. The Morgan fingerprint density at radius 2 is 0.818 bits per heavy atom. The van der Waals surface area contributed by atoms with Crippen LogP contribution in [0.2, 0.25) is 0 Å². The van der Waals surface area contributed by atoms with Crippen molar-refractivity contribution < 1.29 is 0 Å². The van der Waals surface area contributed by atoms with E-state index in [0.717, 1.165) is 0 Å². The Kier molecular flexibility index (Phi) is 26.3. The second-order valence-corrected chi connectivity index (χ2v) is 10.1. The van der Waals surface area contributed by atoms with Gasteiger partial charge in [-0.1, -0.05) is 73.1 Å². The van der Waals surface area contributed by atoms with Gasteiger partial charge >= 0.3 is 0 Å². The zero-order chi connectivity index (χ0) is 24.4. The minimum atomic E-state index is 0.513. The van der Waals surface area contributed by atoms with E-state index in [4.69, 9.17) is 0 Å². The maximum absolute atomic E-state index is 3.81. The highest BCUT2D eigenvalue weighted by atomic mass is 15.8. The minimum Gasteiger partial charge on any atom is -0.303 e. The van der Waals surface area contributed by atoms with Gasteiger partial charge in [0.2, 0.25) is 0 Å². The molecule has 0 aliphatic carbocycles. The number of hydrogen-bond donors (Lipinski definition) is 2. The molecule has 0 aliphatic heterocycles. The smallest absolute Gasteiger partial charge is 0.0571 e. The molecular formula is C29H64N4. The third kappa shape index (κ3) is 22.1. The Bertz CT molecular complexity index is 322. The fourth-order valence-corrected chi connectivity index (χ4v) is 4.80. The first-order valence-corrected chi connectivity index (χ1v) is 15.1. The maximum atomic E-state index is 3.81. The fraction of sp³-hybridized carbons (Fsp3) is 1.00. The van der Waals surface area contributed by atoms with Crippen LogP contribution in [0, 0.1) is 0 Å². The third-order valence-electron chi connectivity index (χ3n) is 6.59. The zero-order valence-corrected chi connectivity index (χ0v) is 23.7. The van der Waals surface area contributed by atoms with Crippen LogP contribution >= 0.6 is 0 Å². The second-order valence-electron chi connectivity index (χ2n) is 10.1. The lowest BCUT2D eigenvalue weighted by Crippen LogP contribution is -2.43. The van der Waals surface area contributed by atoms with Crippen molar-refractivity contribution in [1.82, 2.24) is 20.4 Å². The molecule has 0 amide bonds. The lowest BCUT2D eigenvalue weighted by molar-refractivity contribution is 0.267. The number of hydrogen-bond acceptors (Lipinski definition) is 4. The molecular weight excluding hydrogens is 406 g/mol. The molecule has 2 N–H and O–H groups in total. The Balaban J connectivity index is 3.81. The van der Waals surface area contributed by atoms with Crippen LogP contribution in [-0.2, 0) is 0 Å². The van der Waals surface area contributed by atoms with Crippen molar-refractivity contribution in [2.45, 2.75) is 137 Å². The van der Waals surface area contributed by atoms with Crippen LogP contribution in [0.15, 0.2) is 0 Å². The summed E-state index contributed by atoms with van der Waals surface area (Å²) in [4.78, 5) is 5.30. The molecule has 0 aromatic heterocycles. The average molecular weight is 471 g/mol. The van der Waals surface area contributed by atoms with E-state index in [9.17, 15) is 0 Å². The monoisotopic (exact) mass is 471 g/mol. The number of nitrogens with one attached hydrogen (secondary N) is 2. The van der Waals surface area contributed by atoms with E-state index < -0.39 is 0 Å². The summed E-state index contributed by atoms with van der Waals surface area (Å²) >= 11 is 0. The van der Waals surface area contributed by atoms with E-state index in [1.165, 1.54) is 149 Å². The van der Waals surface area contributed by atoms with Gasteiger partial charge in [-0.15, -0.1) is 0 Å². The summed E-state index contributed by atoms with van der Waals surface area (Å²) in [5, 5.41) is 7.62. The van der Waals surface area contributed by atoms with E-state index in [2.05, 4.69) is 55.1 Å². The highest BCUT2D eigenvalue weighted by Crippen LogP contribution is 2.06. The van der Waals surface area contributed by atoms with Gasteiger partial charge in [-0.25, -0.2) is 0 Å². The van der Waals surface area contributed by atoms with Crippen LogP contribution in [0.3, 0.4) is 0 Å². The van der Waals surface area contributed by atoms with Crippen LogP contribution in [0.1, 0.15) is 131 Å². The van der Waals surface area contributed by atoms with Gasteiger partial charge < -0.3 is 20.4 Å². The third-order valence-corrected chi connectivity index (χ3v) is 6.59. The summed E-state index contributed by atoms with van der Waals surface area (Å²) in [6.07, 6.45) is 20.4. The van der Waals surface area contributed by atoms with Crippen LogP contribution in [0.25, 0.3) is 0 Å². The van der Waals surface area contributed by atoms with Crippen LogP contribution < -0.4 is 10.6 Å². The summed E-state index contributed by atoms with van der Waals surface area (Å²) < 4.78 is 0. The molecule has 0 atom stereocenters. The zero-order valence-electron chi connectivity index (χ0n) is 23.7. The van der Waals surface area contributed by atoms with E-state index >= 15 is 0 Å². The number of nitrogens with zero attached hydrogens (tertiary/aromatic N) is 2. The van der Waals surface area contributed by atoms with E-state index in [1.807, 2.05) is 0 Å². The largest absolute Gasteiger partial charge is 0.303 e. The summed E-state index contributed by atoms with van der Waals surface area (Å²) in [7, 11) is 0. The van der Waals surface area contributed by atoms with Crippen molar-refractivity contribution in [3.8, 4) is 0 Å². The Morgan fingerprint density at radius 3 is 1.18 bits per heavy atom. The molecule has 4 heteroatoms. The summed E-state index contributed by atoms with van der Waals surface area (Å²) in [5.41, 5.74) is 0. The molecule has 0 fully saturated rings. The first kappa shape index (κ1) is 32.8. The molecule has 0 aliphatic rings. The Morgan fingerprint density at radius 1 is 0.424 bits per heavy atom. The molecule has 0 rings (SSSR count). The van der Waals surface area contributed by atoms with Crippen molar-refractivity contribution in [2.24, 2.45) is 0 Å². The molecule has 0 radical (unpaired) electrons. The predicted molar refractivity (Wildman–Crippen MR) is 150 cm³/mol. The van der Waals surface area contributed by atoms with E-state index in [0.29, 0.717) is 6.17 Å².